The third-order valence-corrected chi connectivity index (χ3v) is 4.07. The molecule has 3 aromatic rings. The summed E-state index contributed by atoms with van der Waals surface area (Å²) in [5.74, 6) is 0.880. The van der Waals surface area contributed by atoms with Gasteiger partial charge in [0, 0.05) is 30.2 Å². The zero-order chi connectivity index (χ0) is 19.9. The van der Waals surface area contributed by atoms with Crippen LogP contribution in [0, 0.1) is 0 Å². The van der Waals surface area contributed by atoms with E-state index in [0.717, 1.165) is 17.0 Å². The fourth-order valence-corrected chi connectivity index (χ4v) is 2.45. The predicted molar refractivity (Wildman–Crippen MR) is 106 cm³/mol. The number of nitrogens with one attached hydrogen (secondary N) is 2. The Balaban J connectivity index is 1.56. The first-order chi connectivity index (χ1) is 13.5. The highest BCUT2D eigenvalue weighted by Crippen LogP contribution is 2.14. The van der Waals surface area contributed by atoms with Crippen molar-refractivity contribution in [2.24, 2.45) is 0 Å². The van der Waals surface area contributed by atoms with Gasteiger partial charge in [-0.05, 0) is 48.9 Å². The van der Waals surface area contributed by atoms with Gasteiger partial charge < -0.3 is 15.4 Å². The number of carbonyl (C=O) groups is 2. The number of benzene rings is 2. The molecule has 0 saturated heterocycles. The maximum atomic E-state index is 12.2. The Morgan fingerprint density at radius 1 is 0.929 bits per heavy atom. The summed E-state index contributed by atoms with van der Waals surface area (Å²) in [6, 6.07) is 14.5. The molecule has 0 atom stereocenters. The summed E-state index contributed by atoms with van der Waals surface area (Å²) < 4.78 is 5.11. The van der Waals surface area contributed by atoms with Gasteiger partial charge in [-0.25, -0.2) is 9.97 Å². The van der Waals surface area contributed by atoms with E-state index < -0.39 is 0 Å². The van der Waals surface area contributed by atoms with Gasteiger partial charge in [0.05, 0.1) is 12.7 Å². The van der Waals surface area contributed by atoms with Gasteiger partial charge in [-0.15, -0.1) is 0 Å². The summed E-state index contributed by atoms with van der Waals surface area (Å²) in [7, 11) is 1.61. The number of methoxy groups -OCH3 is 1. The van der Waals surface area contributed by atoms with Crippen LogP contribution in [0.1, 0.15) is 33.2 Å². The third kappa shape index (κ3) is 4.91. The lowest BCUT2D eigenvalue weighted by Crippen LogP contribution is -2.23. The maximum Gasteiger partial charge on any atom is 0.254 e. The zero-order valence-corrected chi connectivity index (χ0v) is 15.6. The molecule has 7 heteroatoms. The SMILES string of the molecule is COc1ccc(CNC(=O)c2cnc(Nc3ccc(C(C)=O)cc3)nc2)cc1. The molecule has 0 aliphatic carbocycles. The number of carbonyl (C=O) groups excluding carboxylic acids is 2. The van der Waals surface area contributed by atoms with Gasteiger partial charge in [0.1, 0.15) is 5.75 Å². The van der Waals surface area contributed by atoms with Crippen LogP contribution in [-0.2, 0) is 6.54 Å². The molecule has 0 spiro atoms. The van der Waals surface area contributed by atoms with Crippen LogP contribution in [0.5, 0.6) is 5.75 Å². The summed E-state index contributed by atoms with van der Waals surface area (Å²) in [5, 5.41) is 5.85. The molecule has 0 unspecified atom stereocenters. The van der Waals surface area contributed by atoms with E-state index >= 15 is 0 Å². The van der Waals surface area contributed by atoms with E-state index in [2.05, 4.69) is 20.6 Å². The molecule has 0 radical (unpaired) electrons. The van der Waals surface area contributed by atoms with E-state index in [-0.39, 0.29) is 11.7 Å². The van der Waals surface area contributed by atoms with Gasteiger partial charge in [-0.3, -0.25) is 9.59 Å². The van der Waals surface area contributed by atoms with Crippen molar-refractivity contribution in [3.8, 4) is 5.75 Å². The molecule has 0 saturated carbocycles. The van der Waals surface area contributed by atoms with Crippen LogP contribution < -0.4 is 15.4 Å². The highest BCUT2D eigenvalue weighted by Gasteiger charge is 2.08. The molecule has 3 rings (SSSR count). The molecule has 0 bridgehead atoms. The molecule has 2 N–H and O–H groups in total. The number of hydrogen-bond acceptors (Lipinski definition) is 6. The third-order valence-electron chi connectivity index (χ3n) is 4.07. The number of Topliss-reactive ketones (excluding diaryl/α,β-unsaturated/α-hetero) is 1. The second kappa shape index (κ2) is 8.77. The fraction of sp³-hybridized carbons (Fsp3) is 0.143. The Labute approximate surface area is 162 Å². The second-order valence-electron chi connectivity index (χ2n) is 6.08. The lowest BCUT2D eigenvalue weighted by molar-refractivity contribution is 0.0949. The van der Waals surface area contributed by atoms with Gasteiger partial charge in [0.25, 0.3) is 5.91 Å². The molecule has 28 heavy (non-hydrogen) atoms. The number of nitrogens with zero attached hydrogens (tertiary/aromatic N) is 2. The average molecular weight is 376 g/mol. The summed E-state index contributed by atoms with van der Waals surface area (Å²) >= 11 is 0. The maximum absolute atomic E-state index is 12.2. The Bertz CT molecular complexity index is 952. The monoisotopic (exact) mass is 376 g/mol. The smallest absolute Gasteiger partial charge is 0.254 e. The van der Waals surface area contributed by atoms with Crippen molar-refractivity contribution in [3.63, 3.8) is 0 Å². The van der Waals surface area contributed by atoms with Crippen molar-refractivity contribution < 1.29 is 14.3 Å². The van der Waals surface area contributed by atoms with Gasteiger partial charge in [-0.1, -0.05) is 12.1 Å². The molecular formula is C21H20N4O3. The molecule has 0 aliphatic rings. The summed E-state index contributed by atoms with van der Waals surface area (Å²) in [4.78, 5) is 31.9. The lowest BCUT2D eigenvalue weighted by atomic mass is 10.1. The highest BCUT2D eigenvalue weighted by atomic mass is 16.5. The Morgan fingerprint density at radius 2 is 1.57 bits per heavy atom. The molecule has 1 amide bonds. The van der Waals surface area contributed by atoms with Gasteiger partial charge in [0.15, 0.2) is 5.78 Å². The minimum absolute atomic E-state index is 0.00723. The molecule has 1 aromatic heterocycles. The molecule has 2 aromatic carbocycles. The first-order valence-corrected chi connectivity index (χ1v) is 8.66. The molecule has 1 heterocycles. The van der Waals surface area contributed by atoms with Crippen LogP contribution in [0.4, 0.5) is 11.6 Å². The minimum Gasteiger partial charge on any atom is -0.497 e. The second-order valence-corrected chi connectivity index (χ2v) is 6.08. The minimum atomic E-state index is -0.256. The van der Waals surface area contributed by atoms with E-state index in [1.165, 1.54) is 19.3 Å². The number of anilines is 2. The van der Waals surface area contributed by atoms with Crippen LogP contribution in [-0.4, -0.2) is 28.8 Å². The average Bonchev–Trinajstić information content (AvgIpc) is 2.73. The van der Waals surface area contributed by atoms with E-state index in [4.69, 9.17) is 4.74 Å². The molecule has 0 fully saturated rings. The molecule has 142 valence electrons. The van der Waals surface area contributed by atoms with Gasteiger partial charge >= 0.3 is 0 Å². The van der Waals surface area contributed by atoms with Crippen molar-refractivity contribution in [2.45, 2.75) is 13.5 Å². The number of rotatable bonds is 7. The summed E-state index contributed by atoms with van der Waals surface area (Å²) in [5.41, 5.74) is 2.71. The number of aromatic nitrogens is 2. The first-order valence-electron chi connectivity index (χ1n) is 8.66. The highest BCUT2D eigenvalue weighted by molar-refractivity contribution is 5.94. The van der Waals surface area contributed by atoms with Crippen molar-refractivity contribution in [1.82, 2.24) is 15.3 Å². The van der Waals surface area contributed by atoms with E-state index in [0.29, 0.717) is 23.6 Å². The van der Waals surface area contributed by atoms with Crippen LogP contribution >= 0.6 is 0 Å². The summed E-state index contributed by atoms with van der Waals surface area (Å²) in [6.07, 6.45) is 2.92. The van der Waals surface area contributed by atoms with Crippen molar-refractivity contribution in [2.75, 3.05) is 12.4 Å². The van der Waals surface area contributed by atoms with Gasteiger partial charge in [-0.2, -0.15) is 0 Å². The Hall–Kier alpha value is -3.74. The van der Waals surface area contributed by atoms with Crippen LogP contribution in [0.25, 0.3) is 0 Å². The Kier molecular flexibility index (Phi) is 5.96. The quantitative estimate of drug-likeness (QED) is 0.614. The van der Waals surface area contributed by atoms with Crippen molar-refractivity contribution in [3.05, 3.63) is 77.6 Å². The number of ether oxygens (including phenoxy) is 1. The van der Waals surface area contributed by atoms with Crippen molar-refractivity contribution >= 4 is 23.3 Å². The van der Waals surface area contributed by atoms with E-state index in [9.17, 15) is 9.59 Å². The number of hydrogen-bond donors (Lipinski definition) is 2. The molecule has 7 nitrogen and oxygen atoms in total. The van der Waals surface area contributed by atoms with E-state index in [1.807, 2.05) is 24.3 Å². The molecular weight excluding hydrogens is 356 g/mol. The summed E-state index contributed by atoms with van der Waals surface area (Å²) in [6.45, 7) is 1.91. The van der Waals surface area contributed by atoms with Crippen LogP contribution in [0.3, 0.4) is 0 Å². The topological polar surface area (TPSA) is 93.2 Å². The fourth-order valence-electron chi connectivity index (χ4n) is 2.45. The van der Waals surface area contributed by atoms with Crippen molar-refractivity contribution in [1.29, 1.82) is 0 Å². The van der Waals surface area contributed by atoms with Gasteiger partial charge in [0.2, 0.25) is 5.95 Å². The normalized spacial score (nSPS) is 10.2. The first kappa shape index (κ1) is 19.0. The van der Waals surface area contributed by atoms with Crippen LogP contribution in [0.2, 0.25) is 0 Å². The predicted octanol–water partition coefficient (Wildman–Crippen LogP) is 3.36. The lowest BCUT2D eigenvalue weighted by Gasteiger charge is -2.08. The molecule has 0 aliphatic heterocycles. The standard InChI is InChI=1S/C21H20N4O3/c1-14(26)16-5-7-18(8-6-16)25-21-23-12-17(13-24-21)20(27)22-11-15-3-9-19(28-2)10-4-15/h3-10,12-13H,11H2,1-2H3,(H,22,27)(H,23,24,25). The Morgan fingerprint density at radius 3 is 2.14 bits per heavy atom. The zero-order valence-electron chi connectivity index (χ0n) is 15.6. The largest absolute Gasteiger partial charge is 0.497 e. The van der Waals surface area contributed by atoms with Crippen LogP contribution in [0.15, 0.2) is 60.9 Å². The number of amides is 1. The van der Waals surface area contributed by atoms with E-state index in [1.54, 1.807) is 31.4 Å². The number of ketones is 1.